The molecule has 0 bridgehead atoms. The quantitative estimate of drug-likeness (QED) is 0.632. The van der Waals surface area contributed by atoms with Gasteiger partial charge >= 0.3 is 0 Å². The standard InChI is InChI=1S/C24H18ClFN4O2/c25-16-10-19-17(20(26)11-16)7-8-22(19)30(13-14-3-5-15(6-4-14)23(28)31)24(32)18-2-1-9-29-21(18)12-27/h1-6,9-11,22H,7-8,13H2,(H2,28,31)/t22-/m1/s1. The second-order valence-electron chi connectivity index (χ2n) is 7.52. The van der Waals surface area contributed by atoms with E-state index in [0.29, 0.717) is 29.5 Å². The van der Waals surface area contributed by atoms with E-state index in [-0.39, 0.29) is 22.8 Å². The number of rotatable bonds is 5. The molecule has 3 aromatic rings. The number of pyridine rings is 1. The molecule has 32 heavy (non-hydrogen) atoms. The predicted octanol–water partition coefficient (Wildman–Crippen LogP) is 4.17. The molecule has 8 heteroatoms. The maximum absolute atomic E-state index is 14.5. The summed E-state index contributed by atoms with van der Waals surface area (Å²) in [5.74, 6) is -1.34. The lowest BCUT2D eigenvalue weighted by Crippen LogP contribution is -2.34. The van der Waals surface area contributed by atoms with Crippen molar-refractivity contribution < 1.29 is 14.0 Å². The first-order valence-electron chi connectivity index (χ1n) is 9.91. The van der Waals surface area contributed by atoms with E-state index < -0.39 is 23.7 Å². The van der Waals surface area contributed by atoms with E-state index in [1.54, 1.807) is 47.4 Å². The van der Waals surface area contributed by atoms with Gasteiger partial charge in [0.15, 0.2) is 5.69 Å². The van der Waals surface area contributed by atoms with Crippen molar-refractivity contribution in [3.05, 3.63) is 99.1 Å². The highest BCUT2D eigenvalue weighted by molar-refractivity contribution is 6.30. The molecule has 1 aromatic heterocycles. The van der Waals surface area contributed by atoms with Gasteiger partial charge in [0.1, 0.15) is 11.9 Å². The first kappa shape index (κ1) is 21.5. The lowest BCUT2D eigenvalue weighted by molar-refractivity contribution is 0.0657. The molecule has 6 nitrogen and oxygen atoms in total. The molecular formula is C24H18ClFN4O2. The van der Waals surface area contributed by atoms with Crippen molar-refractivity contribution >= 4 is 23.4 Å². The van der Waals surface area contributed by atoms with Crippen LogP contribution in [0.1, 0.15) is 55.6 Å². The fraction of sp³-hybridized carbons (Fsp3) is 0.167. The van der Waals surface area contributed by atoms with Crippen LogP contribution in [-0.2, 0) is 13.0 Å². The molecule has 1 atom stereocenters. The lowest BCUT2D eigenvalue weighted by Gasteiger charge is -2.30. The number of hydrogen-bond acceptors (Lipinski definition) is 4. The number of amides is 2. The molecule has 0 fully saturated rings. The van der Waals surface area contributed by atoms with Crippen molar-refractivity contribution in [1.29, 1.82) is 5.26 Å². The summed E-state index contributed by atoms with van der Waals surface area (Å²) in [6.45, 7) is 0.176. The number of nitrogens with two attached hydrogens (primary N) is 1. The van der Waals surface area contributed by atoms with Gasteiger partial charge in [-0.2, -0.15) is 5.26 Å². The highest BCUT2D eigenvalue weighted by Gasteiger charge is 2.34. The third-order valence-electron chi connectivity index (χ3n) is 5.59. The molecule has 2 aromatic carbocycles. The third kappa shape index (κ3) is 4.05. The zero-order chi connectivity index (χ0) is 22.8. The molecular weight excluding hydrogens is 431 g/mol. The van der Waals surface area contributed by atoms with E-state index in [9.17, 15) is 19.2 Å². The van der Waals surface area contributed by atoms with Crippen molar-refractivity contribution in [3.63, 3.8) is 0 Å². The molecule has 1 aliphatic carbocycles. The summed E-state index contributed by atoms with van der Waals surface area (Å²) in [7, 11) is 0. The van der Waals surface area contributed by atoms with Crippen LogP contribution in [-0.4, -0.2) is 21.7 Å². The number of carbonyl (C=O) groups is 2. The normalized spacial score (nSPS) is 14.5. The lowest BCUT2D eigenvalue weighted by atomic mass is 10.0. The molecule has 4 rings (SSSR count). The van der Waals surface area contributed by atoms with Crippen molar-refractivity contribution in [2.45, 2.75) is 25.4 Å². The van der Waals surface area contributed by atoms with Gasteiger partial charge in [0.2, 0.25) is 5.91 Å². The number of carbonyl (C=O) groups excluding carboxylic acids is 2. The van der Waals surface area contributed by atoms with E-state index >= 15 is 0 Å². The SMILES string of the molecule is N#Cc1ncccc1C(=O)N(Cc1ccc(C(N)=O)cc1)[C@@H]1CCc2c(F)cc(Cl)cc21. The summed E-state index contributed by atoms with van der Waals surface area (Å²) >= 11 is 6.11. The smallest absolute Gasteiger partial charge is 0.257 e. The van der Waals surface area contributed by atoms with Crippen LogP contribution < -0.4 is 5.73 Å². The summed E-state index contributed by atoms with van der Waals surface area (Å²) in [6.07, 6.45) is 2.42. The Morgan fingerprint density at radius 2 is 2.00 bits per heavy atom. The summed E-state index contributed by atoms with van der Waals surface area (Å²) in [5, 5.41) is 9.68. The minimum atomic E-state index is -0.548. The maximum atomic E-state index is 14.5. The van der Waals surface area contributed by atoms with E-state index in [4.69, 9.17) is 17.3 Å². The maximum Gasteiger partial charge on any atom is 0.257 e. The summed E-state index contributed by atoms with van der Waals surface area (Å²) in [4.78, 5) is 30.6. The summed E-state index contributed by atoms with van der Waals surface area (Å²) in [6, 6.07) is 14.2. The second-order valence-corrected chi connectivity index (χ2v) is 7.95. The average molecular weight is 449 g/mol. The van der Waals surface area contributed by atoms with Crippen LogP contribution in [0.15, 0.2) is 54.7 Å². The fourth-order valence-electron chi connectivity index (χ4n) is 4.06. The molecule has 1 aliphatic rings. The topological polar surface area (TPSA) is 100 Å². The number of primary amides is 1. The van der Waals surface area contributed by atoms with E-state index in [1.165, 1.54) is 12.3 Å². The Morgan fingerprint density at radius 1 is 1.25 bits per heavy atom. The molecule has 2 N–H and O–H groups in total. The molecule has 0 saturated carbocycles. The predicted molar refractivity (Wildman–Crippen MR) is 116 cm³/mol. The molecule has 1 heterocycles. The first-order chi connectivity index (χ1) is 15.4. The molecule has 160 valence electrons. The molecule has 0 unspecified atom stereocenters. The monoisotopic (exact) mass is 448 g/mol. The van der Waals surface area contributed by atoms with Gasteiger partial charge in [-0.15, -0.1) is 0 Å². The van der Waals surface area contributed by atoms with Gasteiger partial charge < -0.3 is 10.6 Å². The Balaban J connectivity index is 1.77. The summed E-state index contributed by atoms with van der Waals surface area (Å²) < 4.78 is 14.5. The van der Waals surface area contributed by atoms with Gasteiger partial charge in [-0.05, 0) is 65.9 Å². The molecule has 0 spiro atoms. The third-order valence-corrected chi connectivity index (χ3v) is 5.81. The molecule has 0 radical (unpaired) electrons. The van der Waals surface area contributed by atoms with Gasteiger partial charge in [-0.25, -0.2) is 9.37 Å². The second kappa shape index (κ2) is 8.77. The number of nitriles is 1. The number of hydrogen-bond donors (Lipinski definition) is 1. The van der Waals surface area contributed by atoms with Gasteiger partial charge in [0, 0.05) is 23.3 Å². The Hall–Kier alpha value is -3.76. The van der Waals surface area contributed by atoms with Gasteiger partial charge in [-0.3, -0.25) is 9.59 Å². The van der Waals surface area contributed by atoms with E-state index in [2.05, 4.69) is 4.98 Å². The van der Waals surface area contributed by atoms with Crippen LogP contribution >= 0.6 is 11.6 Å². The van der Waals surface area contributed by atoms with Crippen LogP contribution in [0.2, 0.25) is 5.02 Å². The van der Waals surface area contributed by atoms with Crippen LogP contribution in [0.4, 0.5) is 4.39 Å². The Bertz CT molecular complexity index is 1250. The number of fused-ring (bicyclic) bond motifs is 1. The van der Waals surface area contributed by atoms with Gasteiger partial charge in [0.25, 0.3) is 5.91 Å². The zero-order valence-corrected chi connectivity index (χ0v) is 17.6. The largest absolute Gasteiger partial charge is 0.366 e. The fourth-order valence-corrected chi connectivity index (χ4v) is 4.27. The Kier molecular flexibility index (Phi) is 5.89. The van der Waals surface area contributed by atoms with Crippen LogP contribution in [0.25, 0.3) is 0 Å². The van der Waals surface area contributed by atoms with E-state index in [1.807, 2.05) is 6.07 Å². The van der Waals surface area contributed by atoms with Crippen molar-refractivity contribution in [2.24, 2.45) is 5.73 Å². The highest BCUT2D eigenvalue weighted by Crippen LogP contribution is 2.40. The number of nitrogens with zero attached hydrogens (tertiary/aromatic N) is 3. The van der Waals surface area contributed by atoms with Crippen molar-refractivity contribution in [2.75, 3.05) is 0 Å². The zero-order valence-electron chi connectivity index (χ0n) is 16.9. The minimum Gasteiger partial charge on any atom is -0.366 e. The van der Waals surface area contributed by atoms with Crippen LogP contribution in [0.3, 0.4) is 0 Å². The van der Waals surface area contributed by atoms with Gasteiger partial charge in [-0.1, -0.05) is 23.7 Å². The van der Waals surface area contributed by atoms with E-state index in [0.717, 1.165) is 5.56 Å². The minimum absolute atomic E-state index is 0.0158. The van der Waals surface area contributed by atoms with Crippen LogP contribution in [0.5, 0.6) is 0 Å². The Labute approximate surface area is 189 Å². The first-order valence-corrected chi connectivity index (χ1v) is 10.3. The Morgan fingerprint density at radius 3 is 2.69 bits per heavy atom. The number of halogens is 2. The summed E-state index contributed by atoms with van der Waals surface area (Å²) in [5.41, 5.74) is 7.79. The highest BCUT2D eigenvalue weighted by atomic mass is 35.5. The molecule has 0 saturated heterocycles. The molecule has 0 aliphatic heterocycles. The van der Waals surface area contributed by atoms with Crippen molar-refractivity contribution in [3.8, 4) is 6.07 Å². The van der Waals surface area contributed by atoms with Crippen LogP contribution in [0, 0.1) is 17.1 Å². The number of aromatic nitrogens is 1. The number of benzene rings is 2. The average Bonchev–Trinajstić information content (AvgIpc) is 3.21. The molecule has 2 amide bonds. The van der Waals surface area contributed by atoms with Crippen molar-refractivity contribution in [1.82, 2.24) is 9.88 Å². The van der Waals surface area contributed by atoms with Gasteiger partial charge in [0.05, 0.1) is 11.6 Å².